The zero-order valence-electron chi connectivity index (χ0n) is 9.59. The van der Waals surface area contributed by atoms with Gasteiger partial charge in [-0.2, -0.15) is 0 Å². The van der Waals surface area contributed by atoms with Gasteiger partial charge < -0.3 is 20.9 Å². The number of hydrogen-bond acceptors (Lipinski definition) is 8. The summed E-state index contributed by atoms with van der Waals surface area (Å²) in [5, 5.41) is 12.0. The summed E-state index contributed by atoms with van der Waals surface area (Å²) in [5.74, 6) is -0.856. The first-order valence-corrected chi connectivity index (χ1v) is 3.74. The summed E-state index contributed by atoms with van der Waals surface area (Å²) in [7, 11) is 2.59. The van der Waals surface area contributed by atoms with Gasteiger partial charge in [-0.15, -0.1) is 0 Å². The molecule has 18 heavy (non-hydrogen) atoms. The summed E-state index contributed by atoms with van der Waals surface area (Å²) in [6.07, 6.45) is 4.54. The average Bonchev–Trinajstić information content (AvgIpc) is 2.33. The Kier molecular flexibility index (Phi) is 49.9. The summed E-state index contributed by atoms with van der Waals surface area (Å²) in [5.41, 5.74) is 9.65. The van der Waals surface area contributed by atoms with Gasteiger partial charge >= 0.3 is 11.9 Å². The van der Waals surface area contributed by atoms with E-state index in [2.05, 4.69) is 9.47 Å². The van der Waals surface area contributed by atoms with E-state index in [4.69, 9.17) is 22.0 Å². The number of esters is 2. The average molecular weight is 363 g/mol. The van der Waals surface area contributed by atoms with Crippen LogP contribution in [0.3, 0.4) is 0 Å². The number of methoxy groups -OCH3 is 2. The fourth-order valence-corrected chi connectivity index (χ4v) is 0.293. The Bertz CT molecular complexity index is 212. The number of rotatable bonds is 2. The molecule has 0 aliphatic heterocycles. The molecule has 6 N–H and O–H groups in total. The quantitative estimate of drug-likeness (QED) is 0.165. The molecule has 0 aliphatic carbocycles. The van der Waals surface area contributed by atoms with Gasteiger partial charge in [0.25, 0.3) is 0 Å². The van der Waals surface area contributed by atoms with Gasteiger partial charge in [0.05, 0.1) is 14.2 Å². The van der Waals surface area contributed by atoms with Gasteiger partial charge in [0, 0.05) is 58.7 Å². The molecule has 0 spiro atoms. The van der Waals surface area contributed by atoms with Crippen molar-refractivity contribution in [1.29, 1.82) is 0 Å². The summed E-state index contributed by atoms with van der Waals surface area (Å²) in [6.45, 7) is 0. The van der Waals surface area contributed by atoms with Crippen LogP contribution in [0.25, 0.3) is 0 Å². The van der Waals surface area contributed by atoms with Crippen molar-refractivity contribution in [3.8, 4) is 0 Å². The predicted molar refractivity (Wildman–Crippen MR) is 55.9 cm³/mol. The molecule has 0 fully saturated rings. The van der Waals surface area contributed by atoms with Crippen LogP contribution in [0, 0.1) is 0 Å². The standard InChI is InChI=1S/2C4H7NO2.2Cu.H2O2/c2*1-7-4(6)2-3-5;;;1-2/h2*2-3H,5H2,1H3;;;1-2H. The monoisotopic (exact) mass is 362 g/mol. The maximum atomic E-state index is 10.0. The Hall–Kier alpha value is -1.02. The molecule has 0 bridgehead atoms. The molecule has 0 unspecified atom stereocenters. The zero-order chi connectivity index (χ0) is 13.4. The largest absolute Gasteiger partial charge is 0.466 e. The van der Waals surface area contributed by atoms with E-state index in [-0.39, 0.29) is 34.1 Å². The maximum Gasteiger partial charge on any atom is 0.331 e. The van der Waals surface area contributed by atoms with Crippen molar-refractivity contribution in [2.75, 3.05) is 14.2 Å². The molecule has 0 saturated heterocycles. The van der Waals surface area contributed by atoms with Crippen LogP contribution in [0.2, 0.25) is 0 Å². The van der Waals surface area contributed by atoms with Crippen molar-refractivity contribution < 1.29 is 63.7 Å². The number of hydrogen-bond donors (Lipinski definition) is 4. The molecular formula is C8H16Cu2N2O6. The van der Waals surface area contributed by atoms with Crippen LogP contribution in [0.15, 0.2) is 24.6 Å². The van der Waals surface area contributed by atoms with Gasteiger partial charge in [0.2, 0.25) is 0 Å². The minimum Gasteiger partial charge on any atom is -0.466 e. The first kappa shape index (κ1) is 30.2. The second kappa shape index (κ2) is 29.7. The number of nitrogens with two attached hydrogens (primary N) is 2. The molecule has 0 heterocycles. The topological polar surface area (TPSA) is 145 Å². The van der Waals surface area contributed by atoms with Crippen molar-refractivity contribution in [2.45, 2.75) is 0 Å². The van der Waals surface area contributed by atoms with E-state index in [1.807, 2.05) is 0 Å². The van der Waals surface area contributed by atoms with Gasteiger partial charge in [-0.1, -0.05) is 0 Å². The van der Waals surface area contributed by atoms with Crippen LogP contribution >= 0.6 is 0 Å². The number of carbonyl (C=O) groups is 2. The molecule has 0 aromatic rings. The van der Waals surface area contributed by atoms with Crippen LogP contribution in [-0.2, 0) is 53.2 Å². The fourth-order valence-electron chi connectivity index (χ4n) is 0.293. The van der Waals surface area contributed by atoms with Crippen LogP contribution < -0.4 is 11.5 Å². The summed E-state index contributed by atoms with van der Waals surface area (Å²) < 4.78 is 8.37. The van der Waals surface area contributed by atoms with Gasteiger partial charge in [0.1, 0.15) is 0 Å². The normalized spacial score (nSPS) is 7.56. The van der Waals surface area contributed by atoms with Crippen LogP contribution in [0.4, 0.5) is 0 Å². The molecule has 8 nitrogen and oxygen atoms in total. The second-order valence-electron chi connectivity index (χ2n) is 1.76. The van der Waals surface area contributed by atoms with E-state index in [0.717, 1.165) is 24.6 Å². The molecule has 0 aromatic heterocycles. The second-order valence-corrected chi connectivity index (χ2v) is 1.76. The minimum absolute atomic E-state index is 0. The van der Waals surface area contributed by atoms with Crippen molar-refractivity contribution in [3.63, 3.8) is 0 Å². The van der Waals surface area contributed by atoms with Crippen molar-refractivity contribution >= 4 is 11.9 Å². The van der Waals surface area contributed by atoms with Gasteiger partial charge in [-0.05, 0) is 0 Å². The molecule has 0 rings (SSSR count). The third-order valence-electron chi connectivity index (χ3n) is 0.867. The molecule has 10 heteroatoms. The first-order chi connectivity index (χ1) is 7.62. The summed E-state index contributed by atoms with van der Waals surface area (Å²) in [4.78, 5) is 20.0. The molecular weight excluding hydrogens is 347 g/mol. The zero-order valence-corrected chi connectivity index (χ0v) is 11.5. The van der Waals surface area contributed by atoms with Crippen LogP contribution in [0.1, 0.15) is 0 Å². The van der Waals surface area contributed by atoms with Crippen molar-refractivity contribution in [1.82, 2.24) is 0 Å². The third-order valence-corrected chi connectivity index (χ3v) is 0.867. The van der Waals surface area contributed by atoms with Gasteiger partial charge in [-0.25, -0.2) is 9.59 Å². The van der Waals surface area contributed by atoms with E-state index in [1.54, 1.807) is 0 Å². The molecule has 0 aromatic carbocycles. The molecule has 116 valence electrons. The van der Waals surface area contributed by atoms with Crippen molar-refractivity contribution in [3.05, 3.63) is 24.6 Å². The fraction of sp³-hybridized carbons (Fsp3) is 0.250. The van der Waals surface area contributed by atoms with Crippen LogP contribution in [-0.4, -0.2) is 36.7 Å². The Morgan fingerprint density at radius 2 is 1.11 bits per heavy atom. The molecule has 0 amide bonds. The minimum atomic E-state index is -0.428. The van der Waals surface area contributed by atoms with Gasteiger partial charge in [0.15, 0.2) is 0 Å². The van der Waals surface area contributed by atoms with Crippen LogP contribution in [0.5, 0.6) is 0 Å². The molecule has 0 saturated carbocycles. The molecule has 0 atom stereocenters. The Balaban J connectivity index is -0.0000000500. The molecule has 2 radical (unpaired) electrons. The SMILES string of the molecule is COC(=O)C=CN.COC(=O)C=CN.OO.[Cu].[Cu]. The summed E-state index contributed by atoms with van der Waals surface area (Å²) >= 11 is 0. The third kappa shape index (κ3) is 36.3. The van der Waals surface area contributed by atoms with E-state index in [9.17, 15) is 9.59 Å². The van der Waals surface area contributed by atoms with Gasteiger partial charge in [-0.3, -0.25) is 10.5 Å². The van der Waals surface area contributed by atoms with E-state index in [0.29, 0.717) is 0 Å². The molecule has 0 aliphatic rings. The predicted octanol–water partition coefficient (Wildman–Crippen LogP) is -0.724. The van der Waals surface area contributed by atoms with E-state index < -0.39 is 11.9 Å². The number of ether oxygens (including phenoxy) is 2. The van der Waals surface area contributed by atoms with Crippen molar-refractivity contribution in [2.24, 2.45) is 11.5 Å². The van der Waals surface area contributed by atoms with E-state index in [1.165, 1.54) is 14.2 Å². The maximum absolute atomic E-state index is 10.0. The Morgan fingerprint density at radius 3 is 1.17 bits per heavy atom. The smallest absolute Gasteiger partial charge is 0.331 e. The summed E-state index contributed by atoms with van der Waals surface area (Å²) in [6, 6.07) is 0. The number of carbonyl (C=O) groups excluding carboxylic acids is 2. The Morgan fingerprint density at radius 1 is 0.889 bits per heavy atom. The Labute approximate surface area is 126 Å². The first-order valence-electron chi connectivity index (χ1n) is 3.74. The van der Waals surface area contributed by atoms with E-state index >= 15 is 0 Å².